The summed E-state index contributed by atoms with van der Waals surface area (Å²) in [6.45, 7) is 3.53. The molecule has 0 radical (unpaired) electrons. The molecule has 0 aliphatic carbocycles. The summed E-state index contributed by atoms with van der Waals surface area (Å²) in [6.07, 6.45) is 4.12. The fourth-order valence-electron chi connectivity index (χ4n) is 2.74. The number of likely N-dealkylation sites (tertiary alicyclic amines) is 1. The Morgan fingerprint density at radius 2 is 2.26 bits per heavy atom. The van der Waals surface area contributed by atoms with Crippen LogP contribution in [0.15, 0.2) is 16.7 Å². The molecule has 0 bridgehead atoms. The first-order valence-corrected chi connectivity index (χ1v) is 7.16. The quantitative estimate of drug-likeness (QED) is 0.890. The van der Waals surface area contributed by atoms with Crippen LogP contribution in [-0.2, 0) is 7.05 Å². The predicted octanol–water partition coefficient (Wildman–Crippen LogP) is 2.41. The molecular weight excluding hydrogens is 330 g/mol. The second-order valence-electron chi connectivity index (χ2n) is 5.08. The van der Waals surface area contributed by atoms with Gasteiger partial charge in [-0.25, -0.2) is 0 Å². The van der Waals surface area contributed by atoms with Crippen LogP contribution in [0.2, 0.25) is 0 Å². The van der Waals surface area contributed by atoms with Gasteiger partial charge in [-0.05, 0) is 40.8 Å². The summed E-state index contributed by atoms with van der Waals surface area (Å²) >= 11 is 3.40. The van der Waals surface area contributed by atoms with Crippen LogP contribution in [0.25, 0.3) is 0 Å². The van der Waals surface area contributed by atoms with Crippen molar-refractivity contribution >= 4 is 34.2 Å². The zero-order chi connectivity index (χ0) is 13.3. The van der Waals surface area contributed by atoms with Gasteiger partial charge in [-0.2, -0.15) is 0 Å². The van der Waals surface area contributed by atoms with Gasteiger partial charge in [-0.3, -0.25) is 4.79 Å². The van der Waals surface area contributed by atoms with E-state index in [1.165, 1.54) is 0 Å². The molecule has 2 atom stereocenters. The molecule has 1 aliphatic rings. The normalized spacial score (nSPS) is 23.1. The van der Waals surface area contributed by atoms with E-state index >= 15 is 0 Å². The SMILES string of the molecule is CC1CCCN(C(=O)c2cc(Br)cn2C)C1CN.Cl. The minimum absolute atomic E-state index is 0. The highest BCUT2D eigenvalue weighted by atomic mass is 79.9. The Morgan fingerprint density at radius 3 is 2.79 bits per heavy atom. The van der Waals surface area contributed by atoms with Crippen molar-refractivity contribution in [3.63, 3.8) is 0 Å². The van der Waals surface area contributed by atoms with Crippen molar-refractivity contribution in [3.8, 4) is 0 Å². The molecule has 0 aromatic carbocycles. The van der Waals surface area contributed by atoms with Gasteiger partial charge in [0, 0.05) is 36.8 Å². The summed E-state index contributed by atoms with van der Waals surface area (Å²) in [5.41, 5.74) is 6.55. The first-order chi connectivity index (χ1) is 8.54. The number of halogens is 2. The molecule has 6 heteroatoms. The molecule has 1 saturated heterocycles. The minimum atomic E-state index is 0. The molecule has 1 amide bonds. The largest absolute Gasteiger partial charge is 0.345 e. The number of hydrogen-bond donors (Lipinski definition) is 1. The molecule has 2 heterocycles. The van der Waals surface area contributed by atoms with E-state index in [0.717, 1.165) is 29.6 Å². The Morgan fingerprint density at radius 1 is 1.58 bits per heavy atom. The van der Waals surface area contributed by atoms with Gasteiger partial charge >= 0.3 is 0 Å². The maximum absolute atomic E-state index is 12.6. The lowest BCUT2D eigenvalue weighted by atomic mass is 9.90. The van der Waals surface area contributed by atoms with Crippen LogP contribution in [0.4, 0.5) is 0 Å². The first kappa shape index (κ1) is 16.5. The van der Waals surface area contributed by atoms with Crippen LogP contribution in [0.3, 0.4) is 0 Å². The Kier molecular flexibility index (Phi) is 5.89. The van der Waals surface area contributed by atoms with E-state index < -0.39 is 0 Å². The maximum Gasteiger partial charge on any atom is 0.270 e. The Hall–Kier alpha value is -0.520. The summed E-state index contributed by atoms with van der Waals surface area (Å²) in [4.78, 5) is 14.5. The monoisotopic (exact) mass is 349 g/mol. The summed E-state index contributed by atoms with van der Waals surface area (Å²) in [6, 6.07) is 2.04. The van der Waals surface area contributed by atoms with Gasteiger partial charge in [0.2, 0.25) is 0 Å². The zero-order valence-corrected chi connectivity index (χ0v) is 13.7. The smallest absolute Gasteiger partial charge is 0.270 e. The van der Waals surface area contributed by atoms with E-state index in [1.54, 1.807) is 0 Å². The van der Waals surface area contributed by atoms with Crippen LogP contribution in [0.1, 0.15) is 30.3 Å². The Labute approximate surface area is 128 Å². The second-order valence-corrected chi connectivity index (χ2v) is 5.99. The molecule has 108 valence electrons. The fraction of sp³-hybridized carbons (Fsp3) is 0.615. The summed E-state index contributed by atoms with van der Waals surface area (Å²) in [5.74, 6) is 0.571. The summed E-state index contributed by atoms with van der Waals surface area (Å²) in [7, 11) is 1.89. The van der Waals surface area contributed by atoms with Crippen molar-refractivity contribution in [1.82, 2.24) is 9.47 Å². The van der Waals surface area contributed by atoms with E-state index in [-0.39, 0.29) is 24.4 Å². The van der Waals surface area contributed by atoms with Crippen LogP contribution < -0.4 is 5.73 Å². The highest BCUT2D eigenvalue weighted by Gasteiger charge is 2.32. The topological polar surface area (TPSA) is 51.3 Å². The molecule has 4 nitrogen and oxygen atoms in total. The standard InChI is InChI=1S/C13H20BrN3O.ClH/c1-9-4-3-5-17(12(9)7-15)13(18)11-6-10(14)8-16(11)2;/h6,8-9,12H,3-5,7,15H2,1-2H3;1H. The maximum atomic E-state index is 12.6. The van der Waals surface area contributed by atoms with Crippen LogP contribution >= 0.6 is 28.3 Å². The number of rotatable bonds is 2. The average Bonchev–Trinajstić information content (AvgIpc) is 2.67. The van der Waals surface area contributed by atoms with E-state index in [9.17, 15) is 4.79 Å². The number of aryl methyl sites for hydroxylation is 1. The number of amides is 1. The third kappa shape index (κ3) is 3.33. The van der Waals surface area contributed by atoms with Crippen molar-refractivity contribution in [2.75, 3.05) is 13.1 Å². The van der Waals surface area contributed by atoms with E-state index in [4.69, 9.17) is 5.73 Å². The molecule has 2 N–H and O–H groups in total. The molecule has 19 heavy (non-hydrogen) atoms. The van der Waals surface area contributed by atoms with E-state index in [2.05, 4.69) is 22.9 Å². The number of carbonyl (C=O) groups is 1. The first-order valence-electron chi connectivity index (χ1n) is 6.37. The lowest BCUT2D eigenvalue weighted by Gasteiger charge is -2.39. The lowest BCUT2D eigenvalue weighted by Crippen LogP contribution is -2.51. The zero-order valence-electron chi connectivity index (χ0n) is 11.3. The minimum Gasteiger partial charge on any atom is -0.345 e. The third-order valence-corrected chi connectivity index (χ3v) is 4.24. The lowest BCUT2D eigenvalue weighted by molar-refractivity contribution is 0.0523. The summed E-state index contributed by atoms with van der Waals surface area (Å²) < 4.78 is 2.79. The molecule has 2 unspecified atom stereocenters. The fourth-order valence-corrected chi connectivity index (χ4v) is 3.27. The average molecular weight is 351 g/mol. The van der Waals surface area contributed by atoms with Crippen molar-refractivity contribution in [2.24, 2.45) is 18.7 Å². The molecule has 2 rings (SSSR count). The third-order valence-electron chi connectivity index (χ3n) is 3.81. The number of nitrogens with two attached hydrogens (primary N) is 1. The highest BCUT2D eigenvalue weighted by molar-refractivity contribution is 9.10. The molecule has 1 aromatic heterocycles. The van der Waals surface area contributed by atoms with Gasteiger partial charge in [0.05, 0.1) is 0 Å². The predicted molar refractivity (Wildman–Crippen MR) is 82.6 cm³/mol. The van der Waals surface area contributed by atoms with Crippen molar-refractivity contribution in [2.45, 2.75) is 25.8 Å². The highest BCUT2D eigenvalue weighted by Crippen LogP contribution is 2.25. The number of hydrogen-bond acceptors (Lipinski definition) is 2. The van der Waals surface area contributed by atoms with Crippen molar-refractivity contribution in [3.05, 3.63) is 22.4 Å². The van der Waals surface area contributed by atoms with Crippen LogP contribution in [-0.4, -0.2) is 34.5 Å². The second kappa shape index (κ2) is 6.77. The number of piperidine rings is 1. The Bertz CT molecular complexity index is 449. The summed E-state index contributed by atoms with van der Waals surface area (Å²) in [5, 5.41) is 0. The molecule has 1 fully saturated rings. The van der Waals surface area contributed by atoms with Gasteiger partial charge in [0.1, 0.15) is 5.69 Å². The van der Waals surface area contributed by atoms with E-state index in [0.29, 0.717) is 12.5 Å². The number of aromatic nitrogens is 1. The Balaban J connectivity index is 0.00000180. The van der Waals surface area contributed by atoms with E-state index in [1.807, 2.05) is 28.8 Å². The van der Waals surface area contributed by atoms with Gasteiger partial charge in [0.25, 0.3) is 5.91 Å². The molecular formula is C13H21BrClN3O. The molecule has 1 aromatic rings. The van der Waals surface area contributed by atoms with Crippen LogP contribution in [0, 0.1) is 5.92 Å². The van der Waals surface area contributed by atoms with Gasteiger partial charge < -0.3 is 15.2 Å². The molecule has 1 aliphatic heterocycles. The molecule has 0 spiro atoms. The van der Waals surface area contributed by atoms with Crippen LogP contribution in [0.5, 0.6) is 0 Å². The molecule has 0 saturated carbocycles. The van der Waals surface area contributed by atoms with Gasteiger partial charge in [0.15, 0.2) is 0 Å². The van der Waals surface area contributed by atoms with Crippen molar-refractivity contribution in [1.29, 1.82) is 0 Å². The van der Waals surface area contributed by atoms with Gasteiger partial charge in [-0.1, -0.05) is 6.92 Å². The number of carbonyl (C=O) groups excluding carboxylic acids is 1. The number of nitrogens with zero attached hydrogens (tertiary/aromatic N) is 2. The van der Waals surface area contributed by atoms with Gasteiger partial charge in [-0.15, -0.1) is 12.4 Å². The van der Waals surface area contributed by atoms with Crippen molar-refractivity contribution < 1.29 is 4.79 Å².